The number of guanidine groups is 1. The third kappa shape index (κ3) is 5.86. The predicted molar refractivity (Wildman–Crippen MR) is 101 cm³/mol. The number of aryl methyl sites for hydroxylation is 2. The normalized spacial score (nSPS) is 11.3. The summed E-state index contributed by atoms with van der Waals surface area (Å²) in [5.74, 6) is 1.35. The van der Waals surface area contributed by atoms with Crippen LogP contribution in [0.25, 0.3) is 0 Å². The number of carbonyl (C=O) groups is 1. The number of aliphatic imine (C=N–C) groups is 1. The zero-order chi connectivity index (χ0) is 18.2. The highest BCUT2D eigenvalue weighted by atomic mass is 79.9. The van der Waals surface area contributed by atoms with Gasteiger partial charge in [-0.3, -0.25) is 14.5 Å². The maximum absolute atomic E-state index is 12.1. The van der Waals surface area contributed by atoms with E-state index in [9.17, 15) is 4.79 Å². The molecule has 8 nitrogen and oxygen atoms in total. The molecule has 1 heterocycles. The molecule has 0 saturated carbocycles. The van der Waals surface area contributed by atoms with Gasteiger partial charge in [0.2, 0.25) is 5.91 Å². The summed E-state index contributed by atoms with van der Waals surface area (Å²) >= 11 is 3.41. The highest BCUT2D eigenvalue weighted by molar-refractivity contribution is 9.10. The highest BCUT2D eigenvalue weighted by Crippen LogP contribution is 2.20. The summed E-state index contributed by atoms with van der Waals surface area (Å²) in [7, 11) is 3.51. The molecule has 3 N–H and O–H groups in total. The molecule has 25 heavy (non-hydrogen) atoms. The van der Waals surface area contributed by atoms with Crippen molar-refractivity contribution in [2.75, 3.05) is 18.9 Å². The summed E-state index contributed by atoms with van der Waals surface area (Å²) in [5.41, 5.74) is 1.83. The van der Waals surface area contributed by atoms with Gasteiger partial charge in [0, 0.05) is 37.2 Å². The third-order valence-corrected chi connectivity index (χ3v) is 4.05. The van der Waals surface area contributed by atoms with Gasteiger partial charge in [0.25, 0.3) is 0 Å². The van der Waals surface area contributed by atoms with Gasteiger partial charge in [0.15, 0.2) is 5.96 Å². The number of amides is 1. The van der Waals surface area contributed by atoms with Crippen LogP contribution < -0.4 is 16.0 Å². The van der Waals surface area contributed by atoms with E-state index in [-0.39, 0.29) is 5.91 Å². The number of aromatic nitrogens is 3. The van der Waals surface area contributed by atoms with Gasteiger partial charge in [0.1, 0.15) is 12.2 Å². The predicted octanol–water partition coefficient (Wildman–Crippen LogP) is 1.58. The van der Waals surface area contributed by atoms with Crippen LogP contribution in [0.15, 0.2) is 34.0 Å². The van der Waals surface area contributed by atoms with E-state index in [0.717, 1.165) is 21.5 Å². The minimum absolute atomic E-state index is 0.0579. The third-order valence-electron chi connectivity index (χ3n) is 3.56. The van der Waals surface area contributed by atoms with Crippen LogP contribution in [0.1, 0.15) is 17.8 Å². The lowest BCUT2D eigenvalue weighted by molar-refractivity contribution is -0.116. The molecule has 0 unspecified atom stereocenters. The Morgan fingerprint density at radius 1 is 1.36 bits per heavy atom. The van der Waals surface area contributed by atoms with Crippen LogP contribution >= 0.6 is 15.9 Å². The van der Waals surface area contributed by atoms with E-state index in [2.05, 4.69) is 47.0 Å². The summed E-state index contributed by atoms with van der Waals surface area (Å²) < 4.78 is 2.62. The first-order valence-electron chi connectivity index (χ1n) is 7.83. The lowest BCUT2D eigenvalue weighted by atomic mass is 10.2. The van der Waals surface area contributed by atoms with Crippen molar-refractivity contribution >= 4 is 33.5 Å². The van der Waals surface area contributed by atoms with Crippen molar-refractivity contribution in [1.82, 2.24) is 25.4 Å². The molecule has 0 fully saturated rings. The molecular weight excluding hydrogens is 386 g/mol. The lowest BCUT2D eigenvalue weighted by Gasteiger charge is -2.12. The van der Waals surface area contributed by atoms with Crippen molar-refractivity contribution in [3.63, 3.8) is 0 Å². The Bertz CT molecular complexity index is 757. The number of benzene rings is 1. The number of hydrogen-bond donors (Lipinski definition) is 3. The Balaban J connectivity index is 1.75. The van der Waals surface area contributed by atoms with Crippen LogP contribution in [0.4, 0.5) is 5.69 Å². The molecule has 0 radical (unpaired) electrons. The second-order valence-corrected chi connectivity index (χ2v) is 6.33. The number of carbonyl (C=O) groups excluding carboxylic acids is 1. The van der Waals surface area contributed by atoms with Gasteiger partial charge in [-0.15, -0.1) is 0 Å². The van der Waals surface area contributed by atoms with Gasteiger partial charge in [0.05, 0.1) is 6.54 Å². The average molecular weight is 408 g/mol. The molecule has 1 aromatic heterocycles. The van der Waals surface area contributed by atoms with E-state index in [0.29, 0.717) is 25.5 Å². The van der Waals surface area contributed by atoms with Crippen molar-refractivity contribution < 1.29 is 4.79 Å². The van der Waals surface area contributed by atoms with E-state index >= 15 is 0 Å². The summed E-state index contributed by atoms with van der Waals surface area (Å²) in [6, 6.07) is 5.79. The van der Waals surface area contributed by atoms with E-state index < -0.39 is 0 Å². The first kappa shape index (κ1) is 18.9. The van der Waals surface area contributed by atoms with Crippen LogP contribution in [0.3, 0.4) is 0 Å². The molecule has 2 aromatic rings. The zero-order valence-corrected chi connectivity index (χ0v) is 16.1. The SMILES string of the molecule is CN=C(NCCC(=O)Nc1cc(Br)ccc1C)NCc1ncnn1C. The highest BCUT2D eigenvalue weighted by Gasteiger charge is 2.07. The number of rotatable bonds is 6. The molecule has 0 aliphatic carbocycles. The number of halogens is 1. The minimum atomic E-state index is -0.0579. The van der Waals surface area contributed by atoms with E-state index in [1.54, 1.807) is 11.7 Å². The molecule has 0 saturated heterocycles. The van der Waals surface area contributed by atoms with Crippen LogP contribution in [0.5, 0.6) is 0 Å². The largest absolute Gasteiger partial charge is 0.356 e. The lowest BCUT2D eigenvalue weighted by Crippen LogP contribution is -2.38. The summed E-state index contributed by atoms with van der Waals surface area (Å²) in [6.07, 6.45) is 1.83. The Morgan fingerprint density at radius 3 is 2.84 bits per heavy atom. The first-order chi connectivity index (χ1) is 12.0. The van der Waals surface area contributed by atoms with Crippen LogP contribution in [0.2, 0.25) is 0 Å². The molecule has 1 aromatic carbocycles. The molecule has 0 atom stereocenters. The molecule has 134 valence electrons. The molecule has 2 rings (SSSR count). The summed E-state index contributed by atoms with van der Waals surface area (Å²) in [6.45, 7) is 2.93. The minimum Gasteiger partial charge on any atom is -0.356 e. The van der Waals surface area contributed by atoms with Crippen LogP contribution in [0, 0.1) is 6.92 Å². The van der Waals surface area contributed by atoms with Gasteiger partial charge >= 0.3 is 0 Å². The van der Waals surface area contributed by atoms with Crippen molar-refractivity contribution in [2.24, 2.45) is 12.0 Å². The van der Waals surface area contributed by atoms with Gasteiger partial charge in [-0.05, 0) is 24.6 Å². The zero-order valence-electron chi connectivity index (χ0n) is 14.5. The number of nitrogens with one attached hydrogen (secondary N) is 3. The topological polar surface area (TPSA) is 96.2 Å². The van der Waals surface area contributed by atoms with Crippen molar-refractivity contribution in [3.8, 4) is 0 Å². The Morgan fingerprint density at radius 2 is 2.16 bits per heavy atom. The van der Waals surface area contributed by atoms with Crippen LogP contribution in [-0.2, 0) is 18.4 Å². The maximum atomic E-state index is 12.1. The smallest absolute Gasteiger partial charge is 0.226 e. The van der Waals surface area contributed by atoms with Crippen molar-refractivity contribution in [2.45, 2.75) is 19.9 Å². The molecule has 0 bridgehead atoms. The fraction of sp³-hybridized carbons (Fsp3) is 0.375. The molecule has 0 spiro atoms. The second kappa shape index (κ2) is 9.16. The van der Waals surface area contributed by atoms with Gasteiger partial charge in [-0.1, -0.05) is 22.0 Å². The van der Waals surface area contributed by atoms with Gasteiger partial charge in [-0.2, -0.15) is 5.10 Å². The second-order valence-electron chi connectivity index (χ2n) is 5.41. The van der Waals surface area contributed by atoms with E-state index in [4.69, 9.17) is 0 Å². The molecule has 0 aliphatic heterocycles. The number of nitrogens with zero attached hydrogens (tertiary/aromatic N) is 4. The van der Waals surface area contributed by atoms with Crippen LogP contribution in [-0.4, -0.2) is 40.2 Å². The Kier molecular flexibility index (Phi) is 6.93. The summed E-state index contributed by atoms with van der Waals surface area (Å²) in [4.78, 5) is 20.3. The molecule has 1 amide bonds. The number of hydrogen-bond acceptors (Lipinski definition) is 4. The van der Waals surface area contributed by atoms with E-state index in [1.165, 1.54) is 6.33 Å². The van der Waals surface area contributed by atoms with E-state index in [1.807, 2.05) is 32.2 Å². The van der Waals surface area contributed by atoms with Gasteiger partial charge < -0.3 is 16.0 Å². The molecule has 9 heteroatoms. The van der Waals surface area contributed by atoms with Crippen molar-refractivity contribution in [3.05, 3.63) is 40.4 Å². The fourth-order valence-corrected chi connectivity index (χ4v) is 2.46. The quantitative estimate of drug-likeness (QED) is 0.498. The first-order valence-corrected chi connectivity index (χ1v) is 8.62. The maximum Gasteiger partial charge on any atom is 0.226 e. The molecular formula is C16H22BrN7O. The summed E-state index contributed by atoms with van der Waals surface area (Å²) in [5, 5.41) is 13.2. The van der Waals surface area contributed by atoms with Crippen molar-refractivity contribution in [1.29, 1.82) is 0 Å². The fourth-order valence-electron chi connectivity index (χ4n) is 2.10. The Labute approximate surface area is 155 Å². The molecule has 0 aliphatic rings. The monoisotopic (exact) mass is 407 g/mol. The standard InChI is InChI=1S/C16H22BrN7O/c1-11-4-5-12(17)8-13(11)23-15(25)6-7-19-16(18-2)20-9-14-21-10-22-24(14)3/h4-5,8,10H,6-7,9H2,1-3H3,(H,23,25)(H2,18,19,20). The Hall–Kier alpha value is -2.42. The average Bonchev–Trinajstić information content (AvgIpc) is 2.99. The number of anilines is 1. The van der Waals surface area contributed by atoms with Gasteiger partial charge in [-0.25, -0.2) is 4.98 Å².